The number of esters is 1. The molecule has 1 aromatic carbocycles. The molecule has 1 amide bonds. The highest BCUT2D eigenvalue weighted by molar-refractivity contribution is 7.14. The van der Waals surface area contributed by atoms with Gasteiger partial charge >= 0.3 is 5.97 Å². The van der Waals surface area contributed by atoms with Crippen LogP contribution < -0.4 is 5.32 Å². The predicted octanol–water partition coefficient (Wildman–Crippen LogP) is 3.92. The van der Waals surface area contributed by atoms with Crippen molar-refractivity contribution in [1.29, 1.82) is 0 Å². The highest BCUT2D eigenvalue weighted by Gasteiger charge is 2.20. The van der Waals surface area contributed by atoms with E-state index in [0.717, 1.165) is 24.8 Å². The van der Waals surface area contributed by atoms with Gasteiger partial charge in [-0.15, -0.1) is 11.3 Å². The van der Waals surface area contributed by atoms with Gasteiger partial charge in [-0.25, -0.2) is 4.79 Å². The average molecular weight is 364 g/mol. The van der Waals surface area contributed by atoms with Gasteiger partial charge in [0.25, 0.3) is 5.91 Å². The number of rotatable bonds is 5. The molecule has 1 aromatic heterocycles. The maximum atomic E-state index is 12.0. The van der Waals surface area contributed by atoms with Crippen LogP contribution in [-0.4, -0.2) is 18.5 Å². The number of aryl methyl sites for hydroxylation is 2. The SMILES string of the molecule is C[C@@H](NC(=O)COC(=O)c1cc2c(s1)CCC2)c1cccc(Cl)c1. The average Bonchev–Trinajstić information content (AvgIpc) is 3.14. The first-order chi connectivity index (χ1) is 11.5. The summed E-state index contributed by atoms with van der Waals surface area (Å²) in [5.74, 6) is -0.764. The van der Waals surface area contributed by atoms with Gasteiger partial charge in [0.05, 0.1) is 6.04 Å². The Kier molecular flexibility index (Phi) is 5.21. The van der Waals surface area contributed by atoms with Crippen LogP contribution in [0.5, 0.6) is 0 Å². The van der Waals surface area contributed by atoms with Crippen LogP contribution >= 0.6 is 22.9 Å². The number of halogens is 1. The molecule has 1 atom stereocenters. The summed E-state index contributed by atoms with van der Waals surface area (Å²) in [5, 5.41) is 3.41. The molecule has 1 heterocycles. The van der Waals surface area contributed by atoms with Crippen molar-refractivity contribution in [1.82, 2.24) is 5.32 Å². The van der Waals surface area contributed by atoms with Gasteiger partial charge in [-0.2, -0.15) is 0 Å². The number of amides is 1. The van der Waals surface area contributed by atoms with E-state index in [9.17, 15) is 9.59 Å². The number of hydrogen-bond donors (Lipinski definition) is 1. The van der Waals surface area contributed by atoms with E-state index in [1.165, 1.54) is 21.8 Å². The second kappa shape index (κ2) is 7.36. The number of hydrogen-bond acceptors (Lipinski definition) is 4. The molecule has 3 rings (SSSR count). The Bertz CT molecular complexity index is 750. The summed E-state index contributed by atoms with van der Waals surface area (Å²) in [4.78, 5) is 25.9. The molecule has 1 aliphatic rings. The lowest BCUT2D eigenvalue weighted by atomic mass is 10.1. The van der Waals surface area contributed by atoms with Crippen LogP contribution in [0, 0.1) is 0 Å². The summed E-state index contributed by atoms with van der Waals surface area (Å²) in [6.07, 6.45) is 3.21. The molecule has 0 saturated heterocycles. The largest absolute Gasteiger partial charge is 0.451 e. The Labute approximate surface area is 149 Å². The third kappa shape index (κ3) is 3.97. The van der Waals surface area contributed by atoms with Crippen LogP contribution in [0.25, 0.3) is 0 Å². The maximum absolute atomic E-state index is 12.0. The fourth-order valence-corrected chi connectivity index (χ4v) is 4.12. The third-order valence-electron chi connectivity index (χ3n) is 4.01. The molecule has 1 aliphatic carbocycles. The first-order valence-corrected chi connectivity index (χ1v) is 9.06. The fraction of sp³-hybridized carbons (Fsp3) is 0.333. The molecule has 0 fully saturated rings. The van der Waals surface area contributed by atoms with E-state index in [2.05, 4.69) is 5.32 Å². The molecule has 0 aliphatic heterocycles. The molecule has 2 aromatic rings. The number of carbonyl (C=O) groups excluding carboxylic acids is 2. The Morgan fingerprint density at radius 1 is 1.33 bits per heavy atom. The van der Waals surface area contributed by atoms with Crippen molar-refractivity contribution >= 4 is 34.8 Å². The van der Waals surface area contributed by atoms with Gasteiger partial charge in [0.15, 0.2) is 6.61 Å². The van der Waals surface area contributed by atoms with E-state index in [1.807, 2.05) is 25.1 Å². The minimum absolute atomic E-state index is 0.208. The highest BCUT2D eigenvalue weighted by atomic mass is 35.5. The van der Waals surface area contributed by atoms with E-state index in [-0.39, 0.29) is 18.6 Å². The number of fused-ring (bicyclic) bond motifs is 1. The predicted molar refractivity (Wildman–Crippen MR) is 94.6 cm³/mol. The van der Waals surface area contributed by atoms with Crippen LogP contribution in [0.3, 0.4) is 0 Å². The normalized spacial score (nSPS) is 14.1. The molecule has 1 N–H and O–H groups in total. The quantitative estimate of drug-likeness (QED) is 0.819. The minimum atomic E-state index is -0.431. The van der Waals surface area contributed by atoms with Gasteiger partial charge in [-0.05, 0) is 55.5 Å². The summed E-state index contributed by atoms with van der Waals surface area (Å²) in [6.45, 7) is 1.57. The second-order valence-corrected chi connectivity index (χ2v) is 7.41. The first kappa shape index (κ1) is 17.0. The van der Waals surface area contributed by atoms with Crippen molar-refractivity contribution < 1.29 is 14.3 Å². The molecule has 24 heavy (non-hydrogen) atoms. The number of thiophene rings is 1. The smallest absolute Gasteiger partial charge is 0.348 e. The molecule has 0 bridgehead atoms. The Morgan fingerprint density at radius 3 is 2.92 bits per heavy atom. The van der Waals surface area contributed by atoms with Crippen molar-refractivity contribution in [2.75, 3.05) is 6.61 Å². The van der Waals surface area contributed by atoms with Crippen molar-refractivity contribution in [3.8, 4) is 0 Å². The van der Waals surface area contributed by atoms with Crippen molar-refractivity contribution in [3.63, 3.8) is 0 Å². The zero-order valence-electron chi connectivity index (χ0n) is 13.3. The van der Waals surface area contributed by atoms with Gasteiger partial charge in [0.1, 0.15) is 4.88 Å². The Hall–Kier alpha value is -1.85. The van der Waals surface area contributed by atoms with Crippen LogP contribution in [0.4, 0.5) is 0 Å². The van der Waals surface area contributed by atoms with Gasteiger partial charge in [-0.1, -0.05) is 23.7 Å². The molecule has 0 unspecified atom stereocenters. The van der Waals surface area contributed by atoms with Crippen LogP contribution in [0.15, 0.2) is 30.3 Å². The zero-order valence-corrected chi connectivity index (χ0v) is 14.9. The summed E-state index contributed by atoms with van der Waals surface area (Å²) in [7, 11) is 0. The van der Waals surface area contributed by atoms with Crippen LogP contribution in [0.2, 0.25) is 5.02 Å². The number of ether oxygens (including phenoxy) is 1. The number of carbonyl (C=O) groups is 2. The van der Waals surface area contributed by atoms with Gasteiger partial charge < -0.3 is 10.1 Å². The van der Waals surface area contributed by atoms with Crippen LogP contribution in [0.1, 0.15) is 45.1 Å². The van der Waals surface area contributed by atoms with E-state index >= 15 is 0 Å². The minimum Gasteiger partial charge on any atom is -0.451 e. The molecule has 4 nitrogen and oxygen atoms in total. The molecule has 0 radical (unpaired) electrons. The Balaban J connectivity index is 1.50. The maximum Gasteiger partial charge on any atom is 0.348 e. The molecule has 0 spiro atoms. The highest BCUT2D eigenvalue weighted by Crippen LogP contribution is 2.30. The summed E-state index contributed by atoms with van der Waals surface area (Å²) < 4.78 is 5.12. The third-order valence-corrected chi connectivity index (χ3v) is 5.46. The molecular formula is C18H18ClNO3S. The first-order valence-electron chi connectivity index (χ1n) is 7.86. The van der Waals surface area contributed by atoms with Gasteiger partial charge in [0.2, 0.25) is 0 Å². The number of nitrogens with one attached hydrogen (secondary N) is 1. The van der Waals surface area contributed by atoms with Crippen LogP contribution in [-0.2, 0) is 22.4 Å². The van der Waals surface area contributed by atoms with Crippen molar-refractivity contribution in [2.24, 2.45) is 0 Å². The van der Waals surface area contributed by atoms with E-state index in [4.69, 9.17) is 16.3 Å². The fourth-order valence-electron chi connectivity index (χ4n) is 2.77. The molecule has 126 valence electrons. The van der Waals surface area contributed by atoms with Gasteiger partial charge in [0, 0.05) is 9.90 Å². The number of benzene rings is 1. The zero-order chi connectivity index (χ0) is 17.1. The molecular weight excluding hydrogens is 346 g/mol. The van der Waals surface area contributed by atoms with Crippen molar-refractivity contribution in [3.05, 3.63) is 56.2 Å². The second-order valence-electron chi connectivity index (χ2n) is 5.83. The van der Waals surface area contributed by atoms with E-state index in [0.29, 0.717) is 9.90 Å². The summed E-state index contributed by atoms with van der Waals surface area (Å²) >= 11 is 7.42. The lowest BCUT2D eigenvalue weighted by Crippen LogP contribution is -2.31. The lowest BCUT2D eigenvalue weighted by molar-refractivity contribution is -0.124. The summed E-state index contributed by atoms with van der Waals surface area (Å²) in [6, 6.07) is 8.97. The monoisotopic (exact) mass is 363 g/mol. The van der Waals surface area contributed by atoms with E-state index in [1.54, 1.807) is 12.1 Å². The molecule has 0 saturated carbocycles. The summed E-state index contributed by atoms with van der Waals surface area (Å²) in [5.41, 5.74) is 2.14. The topological polar surface area (TPSA) is 55.4 Å². The Morgan fingerprint density at radius 2 is 2.17 bits per heavy atom. The lowest BCUT2D eigenvalue weighted by Gasteiger charge is -2.14. The van der Waals surface area contributed by atoms with Crippen molar-refractivity contribution in [2.45, 2.75) is 32.2 Å². The molecule has 6 heteroatoms. The standard InChI is InChI=1S/C18H18ClNO3S/c1-11(12-4-2-6-14(19)8-12)20-17(21)10-23-18(22)16-9-13-5-3-7-15(13)24-16/h2,4,6,8-9,11H,3,5,7,10H2,1H3,(H,20,21)/t11-/m1/s1. The van der Waals surface area contributed by atoms with E-state index < -0.39 is 5.97 Å². The van der Waals surface area contributed by atoms with Gasteiger partial charge in [-0.3, -0.25) is 4.79 Å².